The predicted molar refractivity (Wildman–Crippen MR) is 77.4 cm³/mol. The lowest BCUT2D eigenvalue weighted by Gasteiger charge is -2.07. The molecule has 0 saturated heterocycles. The third-order valence-electron chi connectivity index (χ3n) is 3.25. The van der Waals surface area contributed by atoms with Gasteiger partial charge in [-0.3, -0.25) is 0 Å². The lowest BCUT2D eigenvalue weighted by Crippen LogP contribution is -2.26. The van der Waals surface area contributed by atoms with Crippen molar-refractivity contribution in [2.75, 3.05) is 0 Å². The lowest BCUT2D eigenvalue weighted by atomic mass is 10.2. The second-order valence-electron chi connectivity index (χ2n) is 5.15. The first-order valence-corrected chi connectivity index (χ1v) is 8.74. The molecule has 1 fully saturated rings. The maximum atomic E-state index is 12.6. The number of sulfonamides is 1. The Bertz CT molecular complexity index is 755. The molecule has 0 radical (unpaired) electrons. The van der Waals surface area contributed by atoms with Gasteiger partial charge in [0.15, 0.2) is 5.76 Å². The van der Waals surface area contributed by atoms with E-state index in [2.05, 4.69) is 9.88 Å². The molecule has 20 heavy (non-hydrogen) atoms. The van der Waals surface area contributed by atoms with Gasteiger partial charge in [0.05, 0.1) is 11.3 Å². The standard InChI is InChI=1S/C13H16N2O3S2/c1-7-6-11(18-14-7)12-8(2)19-9(3)13(12)20(16,17)15-10-4-5-10/h6,10,15H,4-5H2,1-3H3. The summed E-state index contributed by atoms with van der Waals surface area (Å²) in [6.45, 7) is 5.55. The summed E-state index contributed by atoms with van der Waals surface area (Å²) in [5.74, 6) is 0.514. The number of nitrogens with one attached hydrogen (secondary N) is 1. The van der Waals surface area contributed by atoms with E-state index in [0.29, 0.717) is 16.2 Å². The summed E-state index contributed by atoms with van der Waals surface area (Å²) in [4.78, 5) is 2.04. The molecule has 0 amide bonds. The second kappa shape index (κ2) is 4.68. The SMILES string of the molecule is Cc1cc(-c2c(C)sc(C)c2S(=O)(=O)NC2CC2)on1. The van der Waals surface area contributed by atoms with E-state index in [9.17, 15) is 8.42 Å². The van der Waals surface area contributed by atoms with E-state index in [-0.39, 0.29) is 6.04 Å². The summed E-state index contributed by atoms with van der Waals surface area (Å²) in [5.41, 5.74) is 1.38. The van der Waals surface area contributed by atoms with E-state index in [1.807, 2.05) is 20.8 Å². The minimum absolute atomic E-state index is 0.0870. The molecule has 1 N–H and O–H groups in total. The molecule has 5 nitrogen and oxygen atoms in total. The molecule has 0 aromatic carbocycles. The molecule has 7 heteroatoms. The molecular weight excluding hydrogens is 296 g/mol. The average molecular weight is 312 g/mol. The lowest BCUT2D eigenvalue weighted by molar-refractivity contribution is 0.426. The van der Waals surface area contributed by atoms with Crippen LogP contribution in [0.25, 0.3) is 11.3 Å². The van der Waals surface area contributed by atoms with Gasteiger partial charge in [-0.05, 0) is 33.6 Å². The van der Waals surface area contributed by atoms with Gasteiger partial charge in [-0.2, -0.15) is 0 Å². The minimum Gasteiger partial charge on any atom is -0.356 e. The van der Waals surface area contributed by atoms with Crippen LogP contribution in [-0.4, -0.2) is 19.6 Å². The molecule has 2 aromatic heterocycles. The topological polar surface area (TPSA) is 72.2 Å². The summed E-state index contributed by atoms with van der Waals surface area (Å²) in [6.07, 6.45) is 1.83. The van der Waals surface area contributed by atoms with Gasteiger partial charge in [0, 0.05) is 21.9 Å². The van der Waals surface area contributed by atoms with E-state index in [1.165, 1.54) is 11.3 Å². The predicted octanol–water partition coefficient (Wildman–Crippen LogP) is 2.77. The molecule has 0 bridgehead atoms. The molecule has 0 aliphatic heterocycles. The van der Waals surface area contributed by atoms with Gasteiger partial charge in [-0.25, -0.2) is 13.1 Å². The van der Waals surface area contributed by atoms with Crippen molar-refractivity contribution < 1.29 is 12.9 Å². The third-order valence-corrected chi connectivity index (χ3v) is 6.09. The van der Waals surface area contributed by atoms with E-state index in [1.54, 1.807) is 6.07 Å². The number of aryl methyl sites for hydroxylation is 3. The minimum atomic E-state index is -3.50. The highest BCUT2D eigenvalue weighted by atomic mass is 32.2. The zero-order valence-corrected chi connectivity index (χ0v) is 13.2. The second-order valence-corrected chi connectivity index (χ2v) is 8.23. The molecule has 3 rings (SSSR count). The summed E-state index contributed by atoms with van der Waals surface area (Å²) in [7, 11) is -3.50. The highest BCUT2D eigenvalue weighted by Gasteiger charge is 2.33. The smallest absolute Gasteiger partial charge is 0.242 e. The summed E-state index contributed by atoms with van der Waals surface area (Å²) in [5, 5.41) is 3.85. The van der Waals surface area contributed by atoms with Crippen molar-refractivity contribution in [1.82, 2.24) is 9.88 Å². The Kier molecular flexibility index (Phi) is 3.23. The molecule has 108 valence electrons. The van der Waals surface area contributed by atoms with Gasteiger partial charge in [0.1, 0.15) is 4.90 Å². The van der Waals surface area contributed by atoms with Crippen molar-refractivity contribution in [3.05, 3.63) is 21.5 Å². The van der Waals surface area contributed by atoms with Crippen molar-refractivity contribution in [2.24, 2.45) is 0 Å². The quantitative estimate of drug-likeness (QED) is 0.942. The fourth-order valence-electron chi connectivity index (χ4n) is 2.23. The van der Waals surface area contributed by atoms with Crippen LogP contribution in [0.3, 0.4) is 0 Å². The first-order valence-electron chi connectivity index (χ1n) is 6.44. The van der Waals surface area contributed by atoms with Crippen molar-refractivity contribution in [1.29, 1.82) is 0 Å². The van der Waals surface area contributed by atoms with Crippen LogP contribution in [0, 0.1) is 20.8 Å². The van der Waals surface area contributed by atoms with Crippen LogP contribution in [0.15, 0.2) is 15.5 Å². The number of rotatable bonds is 4. The number of hydrogen-bond donors (Lipinski definition) is 1. The summed E-state index contributed by atoms with van der Waals surface area (Å²) >= 11 is 1.47. The molecule has 1 saturated carbocycles. The fraction of sp³-hybridized carbons (Fsp3) is 0.462. The summed E-state index contributed by atoms with van der Waals surface area (Å²) in [6, 6.07) is 1.86. The van der Waals surface area contributed by atoms with Gasteiger partial charge >= 0.3 is 0 Å². The first-order chi connectivity index (χ1) is 9.38. The van der Waals surface area contributed by atoms with E-state index >= 15 is 0 Å². The molecular formula is C13H16N2O3S2. The Balaban J connectivity index is 2.15. The van der Waals surface area contributed by atoms with E-state index in [4.69, 9.17) is 4.52 Å². The number of nitrogens with zero attached hydrogens (tertiary/aromatic N) is 1. The van der Waals surface area contributed by atoms with Crippen molar-refractivity contribution in [3.63, 3.8) is 0 Å². The van der Waals surface area contributed by atoms with Crippen LogP contribution >= 0.6 is 11.3 Å². The molecule has 2 aromatic rings. The monoisotopic (exact) mass is 312 g/mol. The van der Waals surface area contributed by atoms with E-state index < -0.39 is 10.0 Å². The number of aromatic nitrogens is 1. The Labute approximate surface area is 122 Å². The molecule has 0 atom stereocenters. The fourth-order valence-corrected chi connectivity index (χ4v) is 5.40. The van der Waals surface area contributed by atoms with E-state index in [0.717, 1.165) is 28.3 Å². The zero-order chi connectivity index (χ0) is 14.5. The van der Waals surface area contributed by atoms with Gasteiger partial charge in [-0.15, -0.1) is 11.3 Å². The number of hydrogen-bond acceptors (Lipinski definition) is 5. The van der Waals surface area contributed by atoms with Crippen molar-refractivity contribution in [2.45, 2.75) is 44.6 Å². The van der Waals surface area contributed by atoms with Crippen LogP contribution in [0.5, 0.6) is 0 Å². The molecule has 1 aliphatic carbocycles. The largest absolute Gasteiger partial charge is 0.356 e. The number of thiophene rings is 1. The Morgan fingerprint density at radius 1 is 1.30 bits per heavy atom. The van der Waals surface area contributed by atoms with Crippen LogP contribution in [-0.2, 0) is 10.0 Å². The van der Waals surface area contributed by atoms with Crippen LogP contribution in [0.1, 0.15) is 28.3 Å². The van der Waals surface area contributed by atoms with Gasteiger partial charge in [0.25, 0.3) is 0 Å². The van der Waals surface area contributed by atoms with Crippen molar-refractivity contribution >= 4 is 21.4 Å². The molecule has 1 aliphatic rings. The van der Waals surface area contributed by atoms with Gasteiger partial charge in [0.2, 0.25) is 10.0 Å². The highest BCUT2D eigenvalue weighted by Crippen LogP contribution is 2.39. The van der Waals surface area contributed by atoms with Crippen molar-refractivity contribution in [3.8, 4) is 11.3 Å². The Morgan fingerprint density at radius 3 is 2.55 bits per heavy atom. The van der Waals surface area contributed by atoms with Crippen LogP contribution in [0.4, 0.5) is 0 Å². The molecule has 0 spiro atoms. The molecule has 0 unspecified atom stereocenters. The van der Waals surface area contributed by atoms with Gasteiger partial charge in [-0.1, -0.05) is 5.16 Å². The Hall–Kier alpha value is -1.18. The maximum absolute atomic E-state index is 12.6. The maximum Gasteiger partial charge on any atom is 0.242 e. The molecule has 2 heterocycles. The first kappa shape index (κ1) is 13.8. The van der Waals surface area contributed by atoms with Gasteiger partial charge < -0.3 is 4.52 Å². The zero-order valence-electron chi connectivity index (χ0n) is 11.6. The average Bonchev–Trinajstić information content (AvgIpc) is 2.93. The summed E-state index contributed by atoms with van der Waals surface area (Å²) < 4.78 is 33.1. The Morgan fingerprint density at radius 2 is 2.00 bits per heavy atom. The third kappa shape index (κ3) is 2.41. The highest BCUT2D eigenvalue weighted by molar-refractivity contribution is 7.89. The van der Waals surface area contributed by atoms with Crippen LogP contribution in [0.2, 0.25) is 0 Å². The van der Waals surface area contributed by atoms with Crippen LogP contribution < -0.4 is 4.72 Å². The normalized spacial score (nSPS) is 15.8.